The predicted octanol–water partition coefficient (Wildman–Crippen LogP) is 3.23. The minimum absolute atomic E-state index is 0.258. The van der Waals surface area contributed by atoms with Crippen LogP contribution >= 0.6 is 0 Å². The lowest BCUT2D eigenvalue weighted by Crippen LogP contribution is -2.15. The molecule has 1 aliphatic heterocycles. The van der Waals surface area contributed by atoms with Crippen molar-refractivity contribution in [2.75, 3.05) is 24.3 Å². The van der Waals surface area contributed by atoms with Crippen LogP contribution in [0.25, 0.3) is 0 Å². The van der Waals surface area contributed by atoms with Crippen molar-refractivity contribution >= 4 is 17.1 Å². The fraction of sp³-hybridized carbons (Fsp3) is 0.200. The van der Waals surface area contributed by atoms with E-state index < -0.39 is 0 Å². The summed E-state index contributed by atoms with van der Waals surface area (Å²) in [5.41, 5.74) is 8.40. The van der Waals surface area contributed by atoms with Gasteiger partial charge in [0.1, 0.15) is 19.0 Å². The van der Waals surface area contributed by atoms with Crippen molar-refractivity contribution in [1.82, 2.24) is 0 Å². The van der Waals surface area contributed by atoms with Crippen molar-refractivity contribution in [2.45, 2.75) is 6.92 Å². The molecule has 104 valence electrons. The summed E-state index contributed by atoms with van der Waals surface area (Å²) in [5.74, 6) is 1.02. The molecule has 1 heterocycles. The van der Waals surface area contributed by atoms with E-state index in [0.717, 1.165) is 0 Å². The molecule has 0 fully saturated rings. The largest absolute Gasteiger partial charge is 0.486 e. The second-order valence-corrected chi connectivity index (χ2v) is 4.62. The number of nitrogens with one attached hydrogen (secondary N) is 1. The van der Waals surface area contributed by atoms with E-state index in [-0.39, 0.29) is 5.82 Å². The number of anilines is 3. The molecule has 0 aliphatic carbocycles. The molecule has 0 radical (unpaired) electrons. The number of hydrogen-bond donors (Lipinski definition) is 2. The maximum Gasteiger partial charge on any atom is 0.163 e. The third kappa shape index (κ3) is 2.22. The highest BCUT2D eigenvalue weighted by molar-refractivity contribution is 5.77. The zero-order valence-corrected chi connectivity index (χ0v) is 11.1. The number of hydrogen-bond acceptors (Lipinski definition) is 4. The maximum absolute atomic E-state index is 13.5. The lowest BCUT2D eigenvalue weighted by atomic mass is 10.1. The summed E-state index contributed by atoms with van der Waals surface area (Å²) in [6.07, 6.45) is 0. The molecule has 3 N–H and O–H groups in total. The van der Waals surface area contributed by atoms with Gasteiger partial charge < -0.3 is 20.5 Å². The number of nitrogen functional groups attached to an aromatic ring is 1. The van der Waals surface area contributed by atoms with Gasteiger partial charge in [-0.25, -0.2) is 4.39 Å². The van der Waals surface area contributed by atoms with Gasteiger partial charge in [0.2, 0.25) is 0 Å². The number of halogens is 1. The molecule has 0 amide bonds. The zero-order chi connectivity index (χ0) is 14.1. The first-order valence-electron chi connectivity index (χ1n) is 6.36. The van der Waals surface area contributed by atoms with E-state index in [1.807, 2.05) is 0 Å². The standard InChI is InChI=1S/C15H15FN2O2/c1-9-10(16)3-2-4-12(9)18-13-8-15-14(7-11(13)17)19-5-6-20-15/h2-4,7-8,18H,5-6,17H2,1H3. The van der Waals surface area contributed by atoms with Crippen molar-refractivity contribution in [3.05, 3.63) is 41.7 Å². The topological polar surface area (TPSA) is 56.5 Å². The Kier molecular flexibility index (Phi) is 3.10. The van der Waals surface area contributed by atoms with Crippen LogP contribution in [-0.2, 0) is 0 Å². The van der Waals surface area contributed by atoms with E-state index in [9.17, 15) is 4.39 Å². The molecular weight excluding hydrogens is 259 g/mol. The van der Waals surface area contributed by atoms with Gasteiger partial charge >= 0.3 is 0 Å². The molecular formula is C15H15FN2O2. The molecule has 2 aromatic rings. The Bertz CT molecular complexity index is 659. The number of benzene rings is 2. The minimum Gasteiger partial charge on any atom is -0.486 e. The fourth-order valence-electron chi connectivity index (χ4n) is 2.10. The van der Waals surface area contributed by atoms with Crippen molar-refractivity contribution in [1.29, 1.82) is 0 Å². The Hall–Kier alpha value is -2.43. The number of nitrogens with two attached hydrogens (primary N) is 1. The Morgan fingerprint density at radius 1 is 1.10 bits per heavy atom. The Morgan fingerprint density at radius 3 is 2.55 bits per heavy atom. The van der Waals surface area contributed by atoms with Gasteiger partial charge in [-0.2, -0.15) is 0 Å². The van der Waals surface area contributed by atoms with Crippen LogP contribution in [0.2, 0.25) is 0 Å². The van der Waals surface area contributed by atoms with E-state index in [0.29, 0.717) is 47.3 Å². The van der Waals surface area contributed by atoms with Gasteiger partial charge in [-0.1, -0.05) is 6.07 Å². The number of fused-ring (bicyclic) bond motifs is 1. The van der Waals surface area contributed by atoms with E-state index in [1.165, 1.54) is 6.07 Å². The van der Waals surface area contributed by atoms with E-state index in [1.54, 1.807) is 31.2 Å². The lowest BCUT2D eigenvalue weighted by molar-refractivity contribution is 0.172. The van der Waals surface area contributed by atoms with Gasteiger partial charge in [0.05, 0.1) is 11.4 Å². The zero-order valence-electron chi connectivity index (χ0n) is 11.1. The van der Waals surface area contributed by atoms with Gasteiger partial charge in [0.15, 0.2) is 11.5 Å². The van der Waals surface area contributed by atoms with Crippen molar-refractivity contribution < 1.29 is 13.9 Å². The summed E-state index contributed by atoms with van der Waals surface area (Å²) in [7, 11) is 0. The molecule has 0 spiro atoms. The molecule has 0 saturated carbocycles. The Labute approximate surface area is 116 Å². The summed E-state index contributed by atoms with van der Waals surface area (Å²) in [5, 5.41) is 3.13. The Balaban J connectivity index is 1.96. The van der Waals surface area contributed by atoms with Gasteiger partial charge in [0, 0.05) is 23.4 Å². The highest BCUT2D eigenvalue weighted by Gasteiger charge is 2.15. The summed E-state index contributed by atoms with van der Waals surface area (Å²) in [6.45, 7) is 2.74. The van der Waals surface area contributed by atoms with Gasteiger partial charge in [-0.3, -0.25) is 0 Å². The second kappa shape index (κ2) is 4.92. The first-order chi connectivity index (χ1) is 9.65. The van der Waals surface area contributed by atoms with Crippen LogP contribution < -0.4 is 20.5 Å². The fourth-order valence-corrected chi connectivity index (χ4v) is 2.10. The van der Waals surface area contributed by atoms with Crippen LogP contribution in [0.4, 0.5) is 21.5 Å². The van der Waals surface area contributed by atoms with Crippen LogP contribution in [0, 0.1) is 12.7 Å². The van der Waals surface area contributed by atoms with Crippen molar-refractivity contribution in [3.8, 4) is 11.5 Å². The summed E-state index contributed by atoms with van der Waals surface area (Å²) in [4.78, 5) is 0. The molecule has 0 atom stereocenters. The molecule has 2 aromatic carbocycles. The third-order valence-electron chi connectivity index (χ3n) is 3.25. The van der Waals surface area contributed by atoms with Gasteiger partial charge in [0.25, 0.3) is 0 Å². The van der Waals surface area contributed by atoms with Crippen LogP contribution in [-0.4, -0.2) is 13.2 Å². The molecule has 1 aliphatic rings. The Morgan fingerprint density at radius 2 is 1.80 bits per heavy atom. The van der Waals surface area contributed by atoms with E-state index >= 15 is 0 Å². The lowest BCUT2D eigenvalue weighted by Gasteiger charge is -2.21. The molecule has 0 aromatic heterocycles. The van der Waals surface area contributed by atoms with Crippen LogP contribution in [0.3, 0.4) is 0 Å². The number of rotatable bonds is 2. The highest BCUT2D eigenvalue weighted by atomic mass is 19.1. The first-order valence-corrected chi connectivity index (χ1v) is 6.36. The quantitative estimate of drug-likeness (QED) is 0.825. The van der Waals surface area contributed by atoms with E-state index in [2.05, 4.69) is 5.32 Å². The first kappa shape index (κ1) is 12.6. The minimum atomic E-state index is -0.258. The SMILES string of the molecule is Cc1c(F)cccc1Nc1cc2c(cc1N)OCCO2. The molecule has 4 nitrogen and oxygen atoms in total. The monoisotopic (exact) mass is 274 g/mol. The summed E-state index contributed by atoms with van der Waals surface area (Å²) in [6, 6.07) is 8.36. The molecule has 20 heavy (non-hydrogen) atoms. The summed E-state index contributed by atoms with van der Waals surface area (Å²) >= 11 is 0. The van der Waals surface area contributed by atoms with Crippen LogP contribution in [0.1, 0.15) is 5.56 Å². The van der Waals surface area contributed by atoms with Gasteiger partial charge in [-0.15, -0.1) is 0 Å². The van der Waals surface area contributed by atoms with Crippen LogP contribution in [0.15, 0.2) is 30.3 Å². The second-order valence-electron chi connectivity index (χ2n) is 4.62. The van der Waals surface area contributed by atoms with E-state index in [4.69, 9.17) is 15.2 Å². The van der Waals surface area contributed by atoms with Crippen molar-refractivity contribution in [2.24, 2.45) is 0 Å². The summed E-state index contributed by atoms with van der Waals surface area (Å²) < 4.78 is 24.5. The maximum atomic E-state index is 13.5. The molecule has 0 bridgehead atoms. The molecule has 0 unspecified atom stereocenters. The van der Waals surface area contributed by atoms with Gasteiger partial charge in [-0.05, 0) is 19.1 Å². The third-order valence-corrected chi connectivity index (χ3v) is 3.25. The average molecular weight is 274 g/mol. The van der Waals surface area contributed by atoms with Crippen LogP contribution in [0.5, 0.6) is 11.5 Å². The normalized spacial score (nSPS) is 13.1. The van der Waals surface area contributed by atoms with Crippen molar-refractivity contribution in [3.63, 3.8) is 0 Å². The molecule has 5 heteroatoms. The number of ether oxygens (including phenoxy) is 2. The smallest absolute Gasteiger partial charge is 0.163 e. The predicted molar refractivity (Wildman–Crippen MR) is 76.3 cm³/mol. The highest BCUT2D eigenvalue weighted by Crippen LogP contribution is 2.38. The average Bonchev–Trinajstić information content (AvgIpc) is 2.44. The molecule has 0 saturated heterocycles. The molecule has 3 rings (SSSR count).